The highest BCUT2D eigenvalue weighted by molar-refractivity contribution is 7.37. The average Bonchev–Trinajstić information content (AvgIpc) is 2.25. The minimum Gasteiger partial charge on any atom is -0.478 e. The van der Waals surface area contributed by atoms with E-state index in [0.29, 0.717) is 6.16 Å². The maximum atomic E-state index is 10.6. The van der Waals surface area contributed by atoms with Crippen LogP contribution < -0.4 is 0 Å². The number of aromatic carboxylic acids is 1. The summed E-state index contributed by atoms with van der Waals surface area (Å²) in [4.78, 5) is 19.2. The van der Waals surface area contributed by atoms with Gasteiger partial charge in [-0.2, -0.15) is 0 Å². The van der Waals surface area contributed by atoms with Crippen LogP contribution in [0.5, 0.6) is 0 Å². The number of carbonyl (C=O) groups is 1. The first-order valence-corrected chi connectivity index (χ1v) is 6.70. The van der Waals surface area contributed by atoms with E-state index in [1.54, 1.807) is 24.3 Å². The van der Waals surface area contributed by atoms with Gasteiger partial charge in [0.15, 0.2) is 8.03 Å². The maximum absolute atomic E-state index is 10.6. The molecule has 1 aromatic carbocycles. The van der Waals surface area contributed by atoms with Crippen molar-refractivity contribution in [1.29, 1.82) is 0 Å². The van der Waals surface area contributed by atoms with E-state index in [1.807, 2.05) is 0 Å². The fourth-order valence-corrected chi connectivity index (χ4v) is 1.97. The Hall–Kier alpha value is -1.12. The number of hydrogen-bond acceptors (Lipinski definition) is 2. The van der Waals surface area contributed by atoms with Gasteiger partial charge in [0.1, 0.15) is 0 Å². The van der Waals surface area contributed by atoms with Gasteiger partial charge < -0.3 is 10.00 Å². The van der Waals surface area contributed by atoms with E-state index in [2.05, 4.69) is 0 Å². The summed E-state index contributed by atoms with van der Waals surface area (Å²) >= 11 is 0. The topological polar surface area (TPSA) is 74.6 Å². The Bertz CT molecular complexity index is 372. The van der Waals surface area contributed by atoms with Crippen molar-refractivity contribution in [3.63, 3.8) is 0 Å². The van der Waals surface area contributed by atoms with Gasteiger partial charge in [0.25, 0.3) is 0 Å². The van der Waals surface area contributed by atoms with Gasteiger partial charge >= 0.3 is 5.97 Å². The lowest BCUT2D eigenvalue weighted by molar-refractivity contribution is 0.0697. The van der Waals surface area contributed by atoms with Crippen LogP contribution in [0.1, 0.15) is 28.8 Å². The molecule has 1 atom stereocenters. The molecule has 16 heavy (non-hydrogen) atoms. The molecule has 1 aromatic rings. The second-order valence-corrected chi connectivity index (χ2v) is 4.89. The number of unbranched alkanes of at least 4 members (excludes halogenated alkanes) is 1. The van der Waals surface area contributed by atoms with Gasteiger partial charge in [-0.1, -0.05) is 12.1 Å². The molecular weight excluding hydrogens is 227 g/mol. The summed E-state index contributed by atoms with van der Waals surface area (Å²) in [5.74, 6) is -0.926. The zero-order chi connectivity index (χ0) is 12.0. The molecule has 0 saturated heterocycles. The van der Waals surface area contributed by atoms with Gasteiger partial charge in [0, 0.05) is 6.16 Å². The summed E-state index contributed by atoms with van der Waals surface area (Å²) in [6.07, 6.45) is 2.77. The Morgan fingerprint density at radius 1 is 1.19 bits per heavy atom. The molecule has 0 amide bonds. The van der Waals surface area contributed by atoms with Gasteiger partial charge in [-0.3, -0.25) is 4.57 Å². The van der Waals surface area contributed by atoms with E-state index in [-0.39, 0.29) is 5.56 Å². The Morgan fingerprint density at radius 2 is 1.81 bits per heavy atom. The van der Waals surface area contributed by atoms with Crippen LogP contribution in [0.4, 0.5) is 0 Å². The maximum Gasteiger partial charge on any atom is 0.335 e. The van der Waals surface area contributed by atoms with Crippen LogP contribution in [-0.2, 0) is 11.0 Å². The molecule has 4 nitrogen and oxygen atoms in total. The van der Waals surface area contributed by atoms with Gasteiger partial charge in [-0.05, 0) is 37.0 Å². The van der Waals surface area contributed by atoms with Crippen molar-refractivity contribution in [3.8, 4) is 0 Å². The molecule has 0 aliphatic carbocycles. The lowest BCUT2D eigenvalue weighted by Gasteiger charge is -2.01. The van der Waals surface area contributed by atoms with Crippen LogP contribution >= 0.6 is 8.03 Å². The molecule has 0 fully saturated rings. The molecule has 0 heterocycles. The fourth-order valence-electron chi connectivity index (χ4n) is 1.42. The monoisotopic (exact) mass is 242 g/mol. The highest BCUT2D eigenvalue weighted by atomic mass is 31.1. The van der Waals surface area contributed by atoms with E-state index in [4.69, 9.17) is 10.00 Å². The van der Waals surface area contributed by atoms with E-state index < -0.39 is 14.0 Å². The highest BCUT2D eigenvalue weighted by Crippen LogP contribution is 2.16. The Balaban J connectivity index is 2.38. The van der Waals surface area contributed by atoms with Gasteiger partial charge in [0.2, 0.25) is 0 Å². The number of benzene rings is 1. The van der Waals surface area contributed by atoms with Crippen molar-refractivity contribution in [2.24, 2.45) is 0 Å². The SMILES string of the molecule is O=C(O)c1ccc(CCCC[PH](=O)O)cc1. The van der Waals surface area contributed by atoms with E-state index >= 15 is 0 Å². The number of aryl methyl sites for hydroxylation is 1. The van der Waals surface area contributed by atoms with Gasteiger partial charge in [0.05, 0.1) is 5.56 Å². The molecule has 0 aliphatic heterocycles. The summed E-state index contributed by atoms with van der Waals surface area (Å²) in [6.45, 7) is 0. The Labute approximate surface area is 94.8 Å². The minimum atomic E-state index is -2.33. The van der Waals surface area contributed by atoms with Crippen molar-refractivity contribution in [2.45, 2.75) is 19.3 Å². The third-order valence-electron chi connectivity index (χ3n) is 2.31. The standard InChI is InChI=1S/C11H15O4P/c12-11(13)10-6-4-9(5-7-10)3-1-2-8-16(14)15/h4-7,16H,1-3,8H2,(H,12,13)(H,14,15). The highest BCUT2D eigenvalue weighted by Gasteiger charge is 2.01. The molecule has 88 valence electrons. The summed E-state index contributed by atoms with van der Waals surface area (Å²) < 4.78 is 10.5. The third kappa shape index (κ3) is 4.60. The van der Waals surface area contributed by atoms with Gasteiger partial charge in [-0.15, -0.1) is 0 Å². The predicted molar refractivity (Wildman–Crippen MR) is 62.4 cm³/mol. The number of rotatable bonds is 6. The summed E-state index contributed by atoms with van der Waals surface area (Å²) in [5.41, 5.74) is 1.34. The Morgan fingerprint density at radius 3 is 2.31 bits per heavy atom. The van der Waals surface area contributed by atoms with Crippen molar-refractivity contribution in [1.82, 2.24) is 0 Å². The number of carboxylic acid groups (broad SMARTS) is 1. The smallest absolute Gasteiger partial charge is 0.335 e. The summed E-state index contributed by atoms with van der Waals surface area (Å²) in [5, 5.41) is 8.69. The largest absolute Gasteiger partial charge is 0.478 e. The number of carboxylic acids is 1. The lowest BCUT2D eigenvalue weighted by Crippen LogP contribution is -1.96. The third-order valence-corrected chi connectivity index (χ3v) is 3.09. The molecule has 0 spiro atoms. The first-order chi connectivity index (χ1) is 7.59. The second kappa shape index (κ2) is 6.46. The first kappa shape index (κ1) is 12.9. The average molecular weight is 242 g/mol. The predicted octanol–water partition coefficient (Wildman–Crippen LogP) is 2.17. The molecule has 0 bridgehead atoms. The van der Waals surface area contributed by atoms with Crippen molar-refractivity contribution >= 4 is 14.0 Å². The fraction of sp³-hybridized carbons (Fsp3) is 0.364. The molecule has 0 aliphatic rings. The first-order valence-electron chi connectivity index (χ1n) is 5.13. The molecule has 1 rings (SSSR count). The molecule has 0 saturated carbocycles. The molecule has 5 heteroatoms. The molecule has 0 radical (unpaired) electrons. The summed E-state index contributed by atoms with van der Waals surface area (Å²) in [7, 11) is -2.33. The quantitative estimate of drug-likeness (QED) is 0.592. The van der Waals surface area contributed by atoms with Crippen molar-refractivity contribution < 1.29 is 19.4 Å². The molecule has 2 N–H and O–H groups in total. The minimum absolute atomic E-state index is 0.282. The number of hydrogen-bond donors (Lipinski definition) is 2. The van der Waals surface area contributed by atoms with Crippen LogP contribution in [0.15, 0.2) is 24.3 Å². The molecule has 0 aromatic heterocycles. The summed E-state index contributed by atoms with van der Waals surface area (Å²) in [6, 6.07) is 6.72. The van der Waals surface area contributed by atoms with E-state index in [1.165, 1.54) is 0 Å². The van der Waals surface area contributed by atoms with Crippen LogP contribution in [-0.4, -0.2) is 22.1 Å². The second-order valence-electron chi connectivity index (χ2n) is 3.60. The Kier molecular flexibility index (Phi) is 5.23. The van der Waals surface area contributed by atoms with Crippen LogP contribution in [0.25, 0.3) is 0 Å². The van der Waals surface area contributed by atoms with Crippen LogP contribution in [0.2, 0.25) is 0 Å². The normalized spacial score (nSPS) is 12.3. The van der Waals surface area contributed by atoms with E-state index in [9.17, 15) is 9.36 Å². The lowest BCUT2D eigenvalue weighted by atomic mass is 10.1. The van der Waals surface area contributed by atoms with Crippen LogP contribution in [0.3, 0.4) is 0 Å². The molecular formula is C11H15O4P. The van der Waals surface area contributed by atoms with E-state index in [0.717, 1.165) is 24.8 Å². The van der Waals surface area contributed by atoms with Gasteiger partial charge in [-0.25, -0.2) is 4.79 Å². The zero-order valence-corrected chi connectivity index (χ0v) is 9.85. The van der Waals surface area contributed by atoms with Crippen molar-refractivity contribution in [3.05, 3.63) is 35.4 Å². The van der Waals surface area contributed by atoms with Crippen molar-refractivity contribution in [2.75, 3.05) is 6.16 Å². The zero-order valence-electron chi connectivity index (χ0n) is 8.85. The molecule has 1 unspecified atom stereocenters. The van der Waals surface area contributed by atoms with Crippen LogP contribution in [0, 0.1) is 0 Å².